The molecule has 5 N–H and O–H groups in total. The van der Waals surface area contributed by atoms with E-state index in [4.69, 9.17) is 4.74 Å². The number of carbonyl (C=O) groups is 6. The standard InChI is InChI=1S/C32H55N5O8S3/c1-9-11-21(24(40)27(42)33-17-23(39)34-20(18-38)12-15-46-8)35-26(41)22-16-32(47-13-10-14-48-32)19-37(22)28(43)25(30(2,3)4)36-29(44)45-31(5,6)7/h20-22,25,38H,9-19H2,1-8H3,(H,33,42)(H,34,39)(H,35,41)(H,36,44)/t20?,21?,22-,25?/m0/s1. The summed E-state index contributed by atoms with van der Waals surface area (Å²) < 4.78 is 5.01. The van der Waals surface area contributed by atoms with Crippen LogP contribution in [0.3, 0.4) is 0 Å². The van der Waals surface area contributed by atoms with Crippen molar-refractivity contribution in [3.63, 3.8) is 0 Å². The van der Waals surface area contributed by atoms with E-state index >= 15 is 0 Å². The number of nitrogens with one attached hydrogen (secondary N) is 4. The molecule has 16 heteroatoms. The first-order valence-corrected chi connectivity index (χ1v) is 19.8. The van der Waals surface area contributed by atoms with E-state index in [1.54, 1.807) is 56.1 Å². The predicted octanol–water partition coefficient (Wildman–Crippen LogP) is 2.29. The lowest BCUT2D eigenvalue weighted by atomic mass is 9.85. The number of hydrogen-bond acceptors (Lipinski definition) is 11. The van der Waals surface area contributed by atoms with Crippen molar-refractivity contribution in [1.29, 1.82) is 0 Å². The first kappa shape index (κ1) is 42.0. The number of ketones is 1. The van der Waals surface area contributed by atoms with E-state index in [0.29, 0.717) is 19.3 Å². The van der Waals surface area contributed by atoms with Crippen molar-refractivity contribution in [2.45, 2.75) is 114 Å². The fraction of sp³-hybridized carbons (Fsp3) is 0.812. The van der Waals surface area contributed by atoms with Gasteiger partial charge in [-0.25, -0.2) is 4.79 Å². The molecule has 4 atom stereocenters. The Bertz CT molecular complexity index is 1150. The summed E-state index contributed by atoms with van der Waals surface area (Å²) in [5.74, 6) is -0.968. The molecule has 2 rings (SSSR count). The van der Waals surface area contributed by atoms with Gasteiger partial charge in [0.25, 0.3) is 5.91 Å². The Balaban J connectivity index is 2.24. The number of ether oxygens (including phenoxy) is 1. The molecule has 0 aliphatic carbocycles. The van der Waals surface area contributed by atoms with Crippen LogP contribution < -0.4 is 21.3 Å². The van der Waals surface area contributed by atoms with E-state index in [-0.39, 0.29) is 19.6 Å². The summed E-state index contributed by atoms with van der Waals surface area (Å²) in [6.45, 7) is 12.0. The lowest BCUT2D eigenvalue weighted by molar-refractivity contribution is -0.144. The Hall–Kier alpha value is -2.17. The van der Waals surface area contributed by atoms with Gasteiger partial charge in [-0.3, -0.25) is 24.0 Å². The molecule has 2 aliphatic heterocycles. The van der Waals surface area contributed by atoms with Crippen LogP contribution in [0.4, 0.5) is 4.79 Å². The number of aliphatic hydroxyl groups excluding tert-OH is 1. The Morgan fingerprint density at radius 2 is 1.65 bits per heavy atom. The molecule has 2 aliphatic rings. The molecule has 0 aromatic heterocycles. The number of Topliss-reactive ketones (excluding diaryl/α,β-unsaturated/α-hetero) is 1. The van der Waals surface area contributed by atoms with Crippen molar-refractivity contribution in [2.75, 3.05) is 43.2 Å². The molecule has 274 valence electrons. The Morgan fingerprint density at radius 1 is 1.00 bits per heavy atom. The van der Waals surface area contributed by atoms with Gasteiger partial charge in [-0.1, -0.05) is 34.1 Å². The molecular weight excluding hydrogens is 679 g/mol. The number of hydrogen-bond donors (Lipinski definition) is 5. The van der Waals surface area contributed by atoms with E-state index in [9.17, 15) is 33.9 Å². The summed E-state index contributed by atoms with van der Waals surface area (Å²) in [5.41, 5.74) is -1.51. The summed E-state index contributed by atoms with van der Waals surface area (Å²) in [7, 11) is 0. The van der Waals surface area contributed by atoms with Gasteiger partial charge in [0.2, 0.25) is 23.5 Å². The quantitative estimate of drug-likeness (QED) is 0.156. The summed E-state index contributed by atoms with van der Waals surface area (Å²) >= 11 is 4.99. The highest BCUT2D eigenvalue weighted by atomic mass is 32.2. The topological polar surface area (TPSA) is 183 Å². The van der Waals surface area contributed by atoms with Gasteiger partial charge < -0.3 is 36.0 Å². The highest BCUT2D eigenvalue weighted by Crippen LogP contribution is 2.50. The molecule has 13 nitrogen and oxygen atoms in total. The van der Waals surface area contributed by atoms with Gasteiger partial charge in [0.15, 0.2) is 0 Å². The van der Waals surface area contributed by atoms with Crippen LogP contribution in [-0.4, -0.2) is 123 Å². The van der Waals surface area contributed by atoms with Crippen LogP contribution in [0.5, 0.6) is 0 Å². The number of nitrogens with zero attached hydrogens (tertiary/aromatic N) is 1. The van der Waals surface area contributed by atoms with Crippen LogP contribution in [-0.2, 0) is 28.7 Å². The minimum absolute atomic E-state index is 0.172. The summed E-state index contributed by atoms with van der Waals surface area (Å²) in [6, 6.07) is -3.59. The van der Waals surface area contributed by atoms with Crippen molar-refractivity contribution < 1.29 is 38.6 Å². The number of rotatable bonds is 15. The van der Waals surface area contributed by atoms with Crippen LogP contribution in [0, 0.1) is 5.41 Å². The molecule has 0 aromatic rings. The van der Waals surface area contributed by atoms with E-state index < -0.39 is 81.3 Å². The number of alkyl carbamates (subject to hydrolysis) is 1. The molecule has 0 radical (unpaired) electrons. The van der Waals surface area contributed by atoms with Crippen molar-refractivity contribution in [3.8, 4) is 0 Å². The maximum Gasteiger partial charge on any atom is 0.408 e. The van der Waals surface area contributed by atoms with Gasteiger partial charge in [-0.2, -0.15) is 11.8 Å². The maximum absolute atomic E-state index is 14.3. The third kappa shape index (κ3) is 12.9. The molecule has 0 bridgehead atoms. The fourth-order valence-electron chi connectivity index (χ4n) is 5.35. The van der Waals surface area contributed by atoms with Crippen molar-refractivity contribution >= 4 is 70.8 Å². The highest BCUT2D eigenvalue weighted by molar-refractivity contribution is 8.18. The molecule has 0 aromatic carbocycles. The van der Waals surface area contributed by atoms with E-state index in [1.807, 2.05) is 34.0 Å². The Morgan fingerprint density at radius 3 is 2.19 bits per heavy atom. The van der Waals surface area contributed by atoms with Gasteiger partial charge in [-0.15, -0.1) is 23.5 Å². The van der Waals surface area contributed by atoms with Crippen LogP contribution in [0.1, 0.15) is 80.6 Å². The van der Waals surface area contributed by atoms with Gasteiger partial charge >= 0.3 is 6.09 Å². The van der Waals surface area contributed by atoms with Crippen LogP contribution in [0.25, 0.3) is 0 Å². The maximum atomic E-state index is 14.3. The SMILES string of the molecule is CCCC(NC(=O)[C@@H]1CC2(CN1C(=O)C(NC(=O)OC(C)(C)C)C(C)(C)C)SCCCS2)C(=O)C(=O)NCC(=O)NC(CO)CCSC. The largest absolute Gasteiger partial charge is 0.444 e. The zero-order valence-electron chi connectivity index (χ0n) is 29.6. The first-order valence-electron chi connectivity index (χ1n) is 16.5. The monoisotopic (exact) mass is 733 g/mol. The van der Waals surface area contributed by atoms with Crippen molar-refractivity contribution in [2.24, 2.45) is 5.41 Å². The molecule has 1 spiro atoms. The smallest absolute Gasteiger partial charge is 0.408 e. The third-order valence-corrected chi connectivity index (χ3v) is 11.8. The van der Waals surface area contributed by atoms with Crippen molar-refractivity contribution in [3.05, 3.63) is 0 Å². The van der Waals surface area contributed by atoms with Crippen LogP contribution in [0.15, 0.2) is 0 Å². The number of thioether (sulfide) groups is 3. The molecule has 2 fully saturated rings. The second kappa shape index (κ2) is 18.7. The molecular formula is C32H55N5O8S3. The second-order valence-corrected chi connectivity index (χ2v) is 18.4. The van der Waals surface area contributed by atoms with Gasteiger partial charge in [-0.05, 0) is 69.0 Å². The van der Waals surface area contributed by atoms with E-state index in [0.717, 1.165) is 23.7 Å². The summed E-state index contributed by atoms with van der Waals surface area (Å²) in [6.07, 6.45) is 3.71. The first-order chi connectivity index (χ1) is 22.4. The number of aliphatic hydroxyl groups is 1. The summed E-state index contributed by atoms with van der Waals surface area (Å²) in [5, 5.41) is 19.9. The molecule has 2 saturated heterocycles. The molecule has 3 unspecified atom stereocenters. The zero-order valence-corrected chi connectivity index (χ0v) is 32.0. The normalized spacial score (nSPS) is 19.5. The molecule has 0 saturated carbocycles. The Kier molecular flexibility index (Phi) is 16.4. The average Bonchev–Trinajstić information content (AvgIpc) is 3.37. The van der Waals surface area contributed by atoms with Gasteiger partial charge in [0.05, 0.1) is 29.3 Å². The lowest BCUT2D eigenvalue weighted by Crippen LogP contribution is -2.59. The Labute approximate surface area is 297 Å². The van der Waals surface area contributed by atoms with E-state index in [1.165, 1.54) is 4.90 Å². The minimum Gasteiger partial charge on any atom is -0.444 e. The van der Waals surface area contributed by atoms with Crippen LogP contribution in [0.2, 0.25) is 0 Å². The fourth-order valence-corrected chi connectivity index (χ4v) is 9.22. The molecule has 5 amide bonds. The number of amides is 5. The zero-order chi connectivity index (χ0) is 36.3. The summed E-state index contributed by atoms with van der Waals surface area (Å²) in [4.78, 5) is 81.0. The second-order valence-electron chi connectivity index (χ2n) is 14.2. The van der Waals surface area contributed by atoms with Gasteiger partial charge in [0.1, 0.15) is 17.7 Å². The lowest BCUT2D eigenvalue weighted by Gasteiger charge is -2.36. The molecule has 2 heterocycles. The predicted molar refractivity (Wildman–Crippen MR) is 192 cm³/mol. The molecule has 48 heavy (non-hydrogen) atoms. The van der Waals surface area contributed by atoms with E-state index in [2.05, 4.69) is 21.3 Å². The third-order valence-electron chi connectivity index (χ3n) is 7.77. The van der Waals surface area contributed by atoms with Gasteiger partial charge in [0, 0.05) is 13.0 Å². The van der Waals surface area contributed by atoms with Crippen LogP contribution >= 0.6 is 35.3 Å². The van der Waals surface area contributed by atoms with Crippen molar-refractivity contribution in [1.82, 2.24) is 26.2 Å². The highest BCUT2D eigenvalue weighted by Gasteiger charge is 2.53. The number of likely N-dealkylation sites (tertiary alicyclic amines) is 1. The minimum atomic E-state index is -1.17. The number of carbonyl (C=O) groups excluding carboxylic acids is 6. The average molecular weight is 734 g/mol.